The topological polar surface area (TPSA) is 77.0 Å². The van der Waals surface area contributed by atoms with Gasteiger partial charge in [-0.1, -0.05) is 12.1 Å². The summed E-state index contributed by atoms with van der Waals surface area (Å²) in [5, 5.41) is 0. The van der Waals surface area contributed by atoms with Gasteiger partial charge in [0.2, 0.25) is 0 Å². The third-order valence-electron chi connectivity index (χ3n) is 9.59. The first-order chi connectivity index (χ1) is 22.4. The number of esters is 1. The first-order valence-electron chi connectivity index (χ1n) is 16.6. The van der Waals surface area contributed by atoms with Crippen molar-refractivity contribution in [1.29, 1.82) is 0 Å². The van der Waals surface area contributed by atoms with Crippen molar-refractivity contribution < 1.29 is 27.8 Å². The Morgan fingerprint density at radius 2 is 1.80 bits per heavy atom. The zero-order valence-corrected chi connectivity index (χ0v) is 26.9. The molecule has 3 aliphatic rings. The fourth-order valence-corrected chi connectivity index (χ4v) is 6.89. The lowest BCUT2D eigenvalue weighted by molar-refractivity contribution is -0.148. The van der Waals surface area contributed by atoms with Crippen LogP contribution in [0.4, 0.5) is 14.6 Å². The summed E-state index contributed by atoms with van der Waals surface area (Å²) in [6.07, 6.45) is 4.64. The minimum atomic E-state index is -0.782. The fourth-order valence-electron chi connectivity index (χ4n) is 6.89. The number of pyridine rings is 2. The summed E-state index contributed by atoms with van der Waals surface area (Å²) in [6, 6.07) is 11.6. The van der Waals surface area contributed by atoms with E-state index in [4.69, 9.17) is 24.2 Å². The van der Waals surface area contributed by atoms with Gasteiger partial charge in [0, 0.05) is 60.7 Å². The standard InChI is InChI=1S/C36H44F2N4O4/c1-3-45-36(43)27-11-16-42(17-12-27)34-6-4-5-33(40-34)30-19-29(37)20-31(38)35(30)46-23-28-7-8-32(39-24(28)2)26-9-14-41(15-10-26)21-25-13-18-44-22-25/h4-8,19-20,25-27H,3,9-18,21-23H2,1-2H3. The van der Waals surface area contributed by atoms with Crippen LogP contribution >= 0.6 is 0 Å². The summed E-state index contributed by atoms with van der Waals surface area (Å²) in [6.45, 7) is 10.5. The number of ether oxygens (including phenoxy) is 3. The molecule has 0 radical (unpaired) electrons. The normalized spacial score (nSPS) is 19.8. The predicted octanol–water partition coefficient (Wildman–Crippen LogP) is 6.30. The summed E-state index contributed by atoms with van der Waals surface area (Å²) >= 11 is 0. The number of carbonyl (C=O) groups is 1. The van der Waals surface area contributed by atoms with Crippen molar-refractivity contribution in [3.05, 3.63) is 71.1 Å². The maximum absolute atomic E-state index is 15.2. The van der Waals surface area contributed by atoms with Crippen LogP contribution in [0.5, 0.6) is 5.75 Å². The molecule has 246 valence electrons. The van der Waals surface area contributed by atoms with Crippen molar-refractivity contribution in [2.75, 3.05) is 57.4 Å². The second-order valence-electron chi connectivity index (χ2n) is 12.7. The van der Waals surface area contributed by atoms with Crippen molar-refractivity contribution in [3.8, 4) is 17.0 Å². The molecule has 5 heterocycles. The van der Waals surface area contributed by atoms with E-state index < -0.39 is 11.6 Å². The van der Waals surface area contributed by atoms with E-state index in [1.807, 2.05) is 32.0 Å². The van der Waals surface area contributed by atoms with Crippen LogP contribution in [0.2, 0.25) is 0 Å². The monoisotopic (exact) mass is 634 g/mol. The lowest BCUT2D eigenvalue weighted by Crippen LogP contribution is -2.37. The Bertz CT molecular complexity index is 1500. The first kappa shape index (κ1) is 32.3. The van der Waals surface area contributed by atoms with E-state index in [0.717, 1.165) is 75.1 Å². The minimum Gasteiger partial charge on any atom is -0.485 e. The molecule has 0 amide bonds. The van der Waals surface area contributed by atoms with Crippen LogP contribution in [-0.4, -0.2) is 73.4 Å². The number of piperidine rings is 2. The molecule has 8 nitrogen and oxygen atoms in total. The molecule has 0 bridgehead atoms. The highest BCUT2D eigenvalue weighted by Gasteiger charge is 2.28. The number of nitrogens with zero attached hydrogens (tertiary/aromatic N) is 4. The number of carbonyl (C=O) groups excluding carboxylic acids is 1. The van der Waals surface area contributed by atoms with Gasteiger partial charge in [-0.15, -0.1) is 0 Å². The molecule has 3 aliphatic heterocycles. The molecule has 10 heteroatoms. The van der Waals surface area contributed by atoms with Crippen LogP contribution in [0.1, 0.15) is 61.9 Å². The third-order valence-corrected chi connectivity index (χ3v) is 9.59. The Morgan fingerprint density at radius 1 is 1.00 bits per heavy atom. The van der Waals surface area contributed by atoms with Gasteiger partial charge in [-0.25, -0.2) is 13.8 Å². The van der Waals surface area contributed by atoms with E-state index in [0.29, 0.717) is 55.9 Å². The smallest absolute Gasteiger partial charge is 0.309 e. The molecule has 1 unspecified atom stereocenters. The lowest BCUT2D eigenvalue weighted by Gasteiger charge is -2.33. The van der Waals surface area contributed by atoms with E-state index in [-0.39, 0.29) is 29.8 Å². The van der Waals surface area contributed by atoms with Gasteiger partial charge in [0.1, 0.15) is 18.2 Å². The van der Waals surface area contributed by atoms with Crippen molar-refractivity contribution in [1.82, 2.24) is 14.9 Å². The summed E-state index contributed by atoms with van der Waals surface area (Å²) in [4.78, 5) is 26.5. The number of aromatic nitrogens is 2. The van der Waals surface area contributed by atoms with Crippen molar-refractivity contribution in [2.45, 2.75) is 58.5 Å². The Labute approximate surface area is 270 Å². The zero-order chi connectivity index (χ0) is 32.0. The Morgan fingerprint density at radius 3 is 2.52 bits per heavy atom. The van der Waals surface area contributed by atoms with Crippen LogP contribution in [0.3, 0.4) is 0 Å². The number of halogens is 2. The average molecular weight is 635 g/mol. The predicted molar refractivity (Wildman–Crippen MR) is 172 cm³/mol. The SMILES string of the molecule is CCOC(=O)C1CCN(c2cccc(-c3cc(F)cc(F)c3OCc3ccc(C4CCN(CC5CCOC5)CC4)nc3C)n2)CC1. The number of aryl methyl sites for hydroxylation is 1. The number of anilines is 1. The number of rotatable bonds is 10. The quantitative estimate of drug-likeness (QED) is 0.241. The molecule has 1 atom stereocenters. The molecule has 0 N–H and O–H groups in total. The van der Waals surface area contributed by atoms with Crippen LogP contribution in [0.25, 0.3) is 11.3 Å². The maximum Gasteiger partial charge on any atom is 0.309 e. The fraction of sp³-hybridized carbons (Fsp3) is 0.528. The Balaban J connectivity index is 1.11. The molecule has 3 saturated heterocycles. The van der Waals surface area contributed by atoms with Crippen molar-refractivity contribution in [3.63, 3.8) is 0 Å². The highest BCUT2D eigenvalue weighted by molar-refractivity contribution is 5.73. The maximum atomic E-state index is 15.2. The van der Waals surface area contributed by atoms with Crippen LogP contribution < -0.4 is 9.64 Å². The van der Waals surface area contributed by atoms with Gasteiger partial charge < -0.3 is 24.0 Å². The minimum absolute atomic E-state index is 0.0458. The summed E-state index contributed by atoms with van der Waals surface area (Å²) < 4.78 is 46.5. The number of benzene rings is 1. The van der Waals surface area contributed by atoms with Crippen LogP contribution in [-0.2, 0) is 20.9 Å². The van der Waals surface area contributed by atoms with Crippen LogP contribution in [0.15, 0.2) is 42.5 Å². The second-order valence-corrected chi connectivity index (χ2v) is 12.7. The number of likely N-dealkylation sites (tertiary alicyclic amines) is 1. The molecule has 6 rings (SSSR count). The molecule has 0 saturated carbocycles. The van der Waals surface area contributed by atoms with Crippen molar-refractivity contribution >= 4 is 11.8 Å². The van der Waals surface area contributed by atoms with Crippen molar-refractivity contribution in [2.24, 2.45) is 11.8 Å². The Kier molecular flexibility index (Phi) is 10.4. The summed E-state index contributed by atoms with van der Waals surface area (Å²) in [5.74, 6) is -0.0570. The molecule has 3 fully saturated rings. The molecule has 2 aromatic heterocycles. The van der Waals surface area contributed by atoms with E-state index in [1.54, 1.807) is 6.07 Å². The number of hydrogen-bond donors (Lipinski definition) is 0. The van der Waals surface area contributed by atoms with Gasteiger partial charge in [-0.3, -0.25) is 9.78 Å². The highest BCUT2D eigenvalue weighted by atomic mass is 19.1. The summed E-state index contributed by atoms with van der Waals surface area (Å²) in [5.41, 5.74) is 3.45. The number of hydrogen-bond acceptors (Lipinski definition) is 8. The molecule has 3 aromatic rings. The van der Waals surface area contributed by atoms with Crippen LogP contribution in [0, 0.1) is 30.4 Å². The summed E-state index contributed by atoms with van der Waals surface area (Å²) in [7, 11) is 0. The largest absolute Gasteiger partial charge is 0.485 e. The molecule has 0 spiro atoms. The lowest BCUT2D eigenvalue weighted by atomic mass is 9.92. The van der Waals surface area contributed by atoms with Gasteiger partial charge in [0.15, 0.2) is 11.6 Å². The van der Waals surface area contributed by atoms with E-state index in [2.05, 4.69) is 15.9 Å². The molecule has 1 aromatic carbocycles. The molecular weight excluding hydrogens is 590 g/mol. The van der Waals surface area contributed by atoms with Gasteiger partial charge in [-0.05, 0) is 89.2 Å². The second kappa shape index (κ2) is 14.9. The molecule has 46 heavy (non-hydrogen) atoms. The van der Waals surface area contributed by atoms with Gasteiger partial charge in [0.05, 0.1) is 24.8 Å². The highest BCUT2D eigenvalue weighted by Crippen LogP contribution is 2.35. The van der Waals surface area contributed by atoms with E-state index >= 15 is 4.39 Å². The first-order valence-corrected chi connectivity index (χ1v) is 16.6. The van der Waals surface area contributed by atoms with Gasteiger partial charge in [-0.2, -0.15) is 0 Å². The zero-order valence-electron chi connectivity index (χ0n) is 26.9. The van der Waals surface area contributed by atoms with E-state index in [9.17, 15) is 9.18 Å². The molecule has 0 aliphatic carbocycles. The van der Waals surface area contributed by atoms with Gasteiger partial charge in [0.25, 0.3) is 0 Å². The Hall–Kier alpha value is -3.63. The van der Waals surface area contributed by atoms with E-state index in [1.165, 1.54) is 6.07 Å². The third kappa shape index (κ3) is 7.66. The average Bonchev–Trinajstić information content (AvgIpc) is 3.58. The van der Waals surface area contributed by atoms with Gasteiger partial charge >= 0.3 is 5.97 Å². The molecular formula is C36H44F2N4O4.